The van der Waals surface area contributed by atoms with E-state index in [0.29, 0.717) is 11.4 Å². The summed E-state index contributed by atoms with van der Waals surface area (Å²) in [7, 11) is 0. The van der Waals surface area contributed by atoms with Crippen LogP contribution in [0.15, 0.2) is 90.6 Å². The van der Waals surface area contributed by atoms with Gasteiger partial charge >= 0.3 is 5.91 Å². The topological polar surface area (TPSA) is 70.5 Å². The lowest BCUT2D eigenvalue weighted by molar-refractivity contribution is -0.132. The van der Waals surface area contributed by atoms with Crippen molar-refractivity contribution in [2.75, 3.05) is 4.90 Å². The van der Waals surface area contributed by atoms with Crippen LogP contribution in [0.3, 0.4) is 0 Å². The third kappa shape index (κ3) is 2.89. The lowest BCUT2D eigenvalue weighted by Gasteiger charge is -2.24. The minimum atomic E-state index is -0.749. The maximum absolute atomic E-state index is 12.9. The molecule has 0 bridgehead atoms. The van der Waals surface area contributed by atoms with Crippen molar-refractivity contribution in [1.82, 2.24) is 4.98 Å². The summed E-state index contributed by atoms with van der Waals surface area (Å²) in [5, 5.41) is 10.9. The Balaban J connectivity index is 1.95. The average molecular weight is 356 g/mol. The predicted octanol–water partition coefficient (Wildman–Crippen LogP) is 3.71. The smallest absolute Gasteiger partial charge is 0.301 e. The fourth-order valence-electron chi connectivity index (χ4n) is 3.27. The summed E-state index contributed by atoms with van der Waals surface area (Å²) in [6, 6.07) is 22.3. The SMILES string of the molecule is O=C1C(=O)N(c2ccccn2)[C@@H](c2ccccc2)C1=C(O)c1ccccc1. The summed E-state index contributed by atoms with van der Waals surface area (Å²) in [6.07, 6.45) is 1.56. The van der Waals surface area contributed by atoms with Gasteiger partial charge in [0.15, 0.2) is 0 Å². The van der Waals surface area contributed by atoms with Crippen LogP contribution in [0.5, 0.6) is 0 Å². The second-order valence-corrected chi connectivity index (χ2v) is 6.13. The molecule has 1 atom stereocenters. The number of anilines is 1. The number of aromatic nitrogens is 1. The standard InChI is InChI=1S/C22H16N2O3/c25-20(16-11-5-2-6-12-16)18-19(15-9-3-1-4-10-15)24(22(27)21(18)26)17-13-7-8-14-23-17/h1-14,19,25H/t19-/m0/s1. The zero-order valence-electron chi connectivity index (χ0n) is 14.3. The fourth-order valence-corrected chi connectivity index (χ4v) is 3.27. The van der Waals surface area contributed by atoms with Crippen LogP contribution in [-0.4, -0.2) is 21.8 Å². The molecule has 0 aliphatic carbocycles. The quantitative estimate of drug-likeness (QED) is 0.441. The van der Waals surface area contributed by atoms with E-state index in [0.717, 1.165) is 5.56 Å². The van der Waals surface area contributed by atoms with Gasteiger partial charge < -0.3 is 5.11 Å². The molecular formula is C22H16N2O3. The molecule has 3 aromatic rings. The Morgan fingerprint density at radius 3 is 2.11 bits per heavy atom. The molecule has 1 aliphatic rings. The monoisotopic (exact) mass is 356 g/mol. The molecule has 1 aliphatic heterocycles. The number of Topliss-reactive ketones (excluding diaryl/α,β-unsaturated/α-hetero) is 1. The van der Waals surface area contributed by atoms with E-state index in [1.165, 1.54) is 4.90 Å². The molecule has 1 N–H and O–H groups in total. The van der Waals surface area contributed by atoms with Crippen LogP contribution < -0.4 is 4.90 Å². The summed E-state index contributed by atoms with van der Waals surface area (Å²) in [4.78, 5) is 31.3. The summed E-state index contributed by atoms with van der Waals surface area (Å²) < 4.78 is 0. The highest BCUT2D eigenvalue weighted by molar-refractivity contribution is 6.51. The molecule has 0 unspecified atom stereocenters. The number of ketones is 1. The van der Waals surface area contributed by atoms with Crippen molar-refractivity contribution >= 4 is 23.3 Å². The number of carbonyl (C=O) groups is 2. The summed E-state index contributed by atoms with van der Waals surface area (Å²) >= 11 is 0. The molecule has 1 aromatic heterocycles. The van der Waals surface area contributed by atoms with Gasteiger partial charge in [0.25, 0.3) is 5.78 Å². The Hall–Kier alpha value is -3.73. The van der Waals surface area contributed by atoms with Gasteiger partial charge in [-0.2, -0.15) is 0 Å². The van der Waals surface area contributed by atoms with E-state index < -0.39 is 17.7 Å². The molecule has 1 saturated heterocycles. The molecule has 27 heavy (non-hydrogen) atoms. The van der Waals surface area contributed by atoms with E-state index in [4.69, 9.17) is 0 Å². The molecular weight excluding hydrogens is 340 g/mol. The van der Waals surface area contributed by atoms with Gasteiger partial charge in [0.2, 0.25) is 0 Å². The van der Waals surface area contributed by atoms with Crippen molar-refractivity contribution in [2.24, 2.45) is 0 Å². The van der Waals surface area contributed by atoms with E-state index in [2.05, 4.69) is 4.98 Å². The number of aliphatic hydroxyl groups is 1. The fraction of sp³-hybridized carbons (Fsp3) is 0.0455. The first kappa shape index (κ1) is 16.7. The van der Waals surface area contributed by atoms with Gasteiger partial charge in [-0.3, -0.25) is 14.5 Å². The van der Waals surface area contributed by atoms with Gasteiger partial charge in [-0.05, 0) is 17.7 Å². The molecule has 2 aromatic carbocycles. The molecule has 0 spiro atoms. The second-order valence-electron chi connectivity index (χ2n) is 6.13. The first-order valence-corrected chi connectivity index (χ1v) is 8.51. The van der Waals surface area contributed by atoms with Crippen LogP contribution >= 0.6 is 0 Å². The average Bonchev–Trinajstić information content (AvgIpc) is 3.00. The molecule has 0 radical (unpaired) electrons. The molecule has 0 saturated carbocycles. The van der Waals surface area contributed by atoms with Crippen molar-refractivity contribution < 1.29 is 14.7 Å². The van der Waals surface area contributed by atoms with Gasteiger partial charge in [0, 0.05) is 11.8 Å². The van der Waals surface area contributed by atoms with Crippen LogP contribution in [0.1, 0.15) is 17.2 Å². The van der Waals surface area contributed by atoms with E-state index >= 15 is 0 Å². The first-order chi connectivity index (χ1) is 13.2. The van der Waals surface area contributed by atoms with Crippen molar-refractivity contribution in [3.63, 3.8) is 0 Å². The number of rotatable bonds is 3. The zero-order chi connectivity index (χ0) is 18.8. The maximum atomic E-state index is 12.9. The van der Waals surface area contributed by atoms with Gasteiger partial charge in [-0.1, -0.05) is 66.7 Å². The predicted molar refractivity (Wildman–Crippen MR) is 102 cm³/mol. The Bertz CT molecular complexity index is 1020. The van der Waals surface area contributed by atoms with Gasteiger partial charge in [-0.15, -0.1) is 0 Å². The van der Waals surface area contributed by atoms with E-state index in [1.807, 2.05) is 36.4 Å². The lowest BCUT2D eigenvalue weighted by atomic mass is 9.95. The number of amides is 1. The molecule has 1 amide bonds. The summed E-state index contributed by atoms with van der Waals surface area (Å²) in [6.45, 7) is 0. The van der Waals surface area contributed by atoms with Crippen molar-refractivity contribution in [2.45, 2.75) is 6.04 Å². The number of benzene rings is 2. The van der Waals surface area contributed by atoms with Crippen LogP contribution in [0, 0.1) is 0 Å². The minimum absolute atomic E-state index is 0.0584. The van der Waals surface area contributed by atoms with Crippen molar-refractivity contribution in [3.05, 3.63) is 102 Å². The number of hydrogen-bond donors (Lipinski definition) is 1. The highest BCUT2D eigenvalue weighted by Gasteiger charge is 2.47. The van der Waals surface area contributed by atoms with Crippen LogP contribution in [-0.2, 0) is 9.59 Å². The van der Waals surface area contributed by atoms with Crippen LogP contribution in [0.25, 0.3) is 5.76 Å². The molecule has 5 nitrogen and oxygen atoms in total. The Kier molecular flexibility index (Phi) is 4.26. The summed E-state index contributed by atoms with van der Waals surface area (Å²) in [5.74, 6) is -1.27. The number of hydrogen-bond acceptors (Lipinski definition) is 4. The molecule has 132 valence electrons. The van der Waals surface area contributed by atoms with Crippen molar-refractivity contribution in [3.8, 4) is 0 Å². The Labute approximate surface area is 156 Å². The molecule has 5 heteroatoms. The third-order valence-electron chi connectivity index (χ3n) is 4.50. The van der Waals surface area contributed by atoms with E-state index in [-0.39, 0.29) is 11.3 Å². The molecule has 1 fully saturated rings. The highest BCUT2D eigenvalue weighted by atomic mass is 16.3. The van der Waals surface area contributed by atoms with Crippen LogP contribution in [0.2, 0.25) is 0 Å². The Morgan fingerprint density at radius 1 is 0.852 bits per heavy atom. The van der Waals surface area contributed by atoms with Crippen LogP contribution in [0.4, 0.5) is 5.82 Å². The van der Waals surface area contributed by atoms with Gasteiger partial charge in [-0.25, -0.2) is 4.98 Å². The summed E-state index contributed by atoms with van der Waals surface area (Å²) in [5.41, 5.74) is 1.26. The minimum Gasteiger partial charge on any atom is -0.507 e. The number of aliphatic hydroxyl groups excluding tert-OH is 1. The molecule has 2 heterocycles. The number of pyridine rings is 1. The van der Waals surface area contributed by atoms with E-state index in [9.17, 15) is 14.7 Å². The van der Waals surface area contributed by atoms with E-state index in [1.54, 1.807) is 48.7 Å². The van der Waals surface area contributed by atoms with Gasteiger partial charge in [0.1, 0.15) is 11.6 Å². The zero-order valence-corrected chi connectivity index (χ0v) is 14.3. The maximum Gasteiger partial charge on any atom is 0.301 e. The number of nitrogens with zero attached hydrogens (tertiary/aromatic N) is 2. The van der Waals surface area contributed by atoms with Gasteiger partial charge in [0.05, 0.1) is 11.6 Å². The Morgan fingerprint density at radius 2 is 1.48 bits per heavy atom. The number of carbonyl (C=O) groups excluding carboxylic acids is 2. The molecule has 4 rings (SSSR count). The largest absolute Gasteiger partial charge is 0.507 e. The first-order valence-electron chi connectivity index (χ1n) is 8.51. The second kappa shape index (κ2) is 6.88. The lowest BCUT2D eigenvalue weighted by Crippen LogP contribution is -2.30. The normalized spacial score (nSPS) is 18.7. The highest BCUT2D eigenvalue weighted by Crippen LogP contribution is 2.41. The third-order valence-corrected chi connectivity index (χ3v) is 4.50. The van der Waals surface area contributed by atoms with Crippen molar-refractivity contribution in [1.29, 1.82) is 0 Å².